The van der Waals surface area contributed by atoms with Gasteiger partial charge in [0.15, 0.2) is 11.3 Å². The van der Waals surface area contributed by atoms with Gasteiger partial charge in [-0.05, 0) is 69.1 Å². The number of rotatable bonds is 8. The molecule has 5 aromatic carbocycles. The topological polar surface area (TPSA) is 82.5 Å². The van der Waals surface area contributed by atoms with Crippen molar-refractivity contribution < 1.29 is 25.9 Å². The standard InChI is InChI=1S/C34H28N5O.C17H22NSi.Ir/c1-20(2)27-17-23(22-11-6-5-7-12-22)18-28(21(3)4)30(27)39-33(37-32-34(39)38-36-19-35-32)26-15-10-14-25-24-13-8-9-16-29(24)40-31(25)26;1-13(2)15-11-16(14-9-7-6-8-10-14)18-12-17(15)19(3,4)5;/h5-14,16-21H,1-4H3;6-9,11-13H,1-5H3;/q2*-1;/i;13D;. The van der Waals surface area contributed by atoms with Gasteiger partial charge in [0.2, 0.25) is 0 Å². The maximum atomic E-state index is 8.44. The fourth-order valence-corrected chi connectivity index (χ4v) is 9.34. The Bertz CT molecular complexity index is 2940. The molecule has 9 heteroatoms. The number of benzene rings is 5. The van der Waals surface area contributed by atoms with Crippen LogP contribution in [0, 0.1) is 12.1 Å². The third-order valence-corrected chi connectivity index (χ3v) is 12.8. The molecule has 4 aromatic heterocycles. The molecule has 0 aliphatic heterocycles. The summed E-state index contributed by atoms with van der Waals surface area (Å²) in [6, 6.07) is 43.8. The second kappa shape index (κ2) is 17.5. The Morgan fingerprint density at radius 1 is 0.717 bits per heavy atom. The first kappa shape index (κ1) is 41.1. The van der Waals surface area contributed by atoms with E-state index in [9.17, 15) is 0 Å². The Morgan fingerprint density at radius 3 is 2.08 bits per heavy atom. The summed E-state index contributed by atoms with van der Waals surface area (Å²) in [4.78, 5) is 14.1. The van der Waals surface area contributed by atoms with Gasteiger partial charge in [0.25, 0.3) is 0 Å². The Labute approximate surface area is 369 Å². The van der Waals surface area contributed by atoms with E-state index in [1.807, 2.05) is 74.6 Å². The predicted molar refractivity (Wildman–Crippen MR) is 245 cm³/mol. The van der Waals surface area contributed by atoms with Crippen molar-refractivity contribution in [1.82, 2.24) is 29.7 Å². The number of aromatic nitrogens is 6. The zero-order valence-corrected chi connectivity index (χ0v) is 39.0. The van der Waals surface area contributed by atoms with Crippen molar-refractivity contribution in [3.05, 3.63) is 151 Å². The normalized spacial score (nSPS) is 12.2. The smallest absolute Gasteiger partial charge is 0.197 e. The third-order valence-electron chi connectivity index (χ3n) is 10.8. The molecule has 0 bridgehead atoms. The molecule has 0 fully saturated rings. The van der Waals surface area contributed by atoms with E-state index in [1.54, 1.807) is 0 Å². The molecular formula is C51H50IrN6OSi-2. The summed E-state index contributed by atoms with van der Waals surface area (Å²) < 4.78 is 17.0. The Hall–Kier alpha value is -5.60. The molecule has 0 aliphatic carbocycles. The van der Waals surface area contributed by atoms with E-state index in [2.05, 4.69) is 139 Å². The monoisotopic (exact) mass is 984 g/mol. The Morgan fingerprint density at radius 2 is 1.42 bits per heavy atom. The number of para-hydroxylation sites is 1. The summed E-state index contributed by atoms with van der Waals surface area (Å²) in [6.45, 7) is 19.7. The van der Waals surface area contributed by atoms with Gasteiger partial charge in [-0.15, -0.1) is 64.3 Å². The zero-order chi connectivity index (χ0) is 42.3. The van der Waals surface area contributed by atoms with Gasteiger partial charge >= 0.3 is 0 Å². The molecule has 4 heterocycles. The molecular weight excluding hydrogens is 933 g/mol. The van der Waals surface area contributed by atoms with Crippen LogP contribution in [0.2, 0.25) is 19.6 Å². The fraction of sp³-hybridized carbons (Fsp3) is 0.235. The minimum atomic E-state index is -1.50. The summed E-state index contributed by atoms with van der Waals surface area (Å²) in [5.74, 6) is 0.542. The minimum absolute atomic E-state index is 0. The van der Waals surface area contributed by atoms with Gasteiger partial charge in [-0.3, -0.25) is 4.98 Å². The number of nitrogens with zero attached hydrogens (tertiary/aromatic N) is 6. The van der Waals surface area contributed by atoms with Crippen molar-refractivity contribution in [2.75, 3.05) is 0 Å². The first-order valence-electron chi connectivity index (χ1n) is 20.8. The molecule has 1 radical (unpaired) electrons. The van der Waals surface area contributed by atoms with Crippen LogP contribution in [0.25, 0.3) is 72.7 Å². The van der Waals surface area contributed by atoms with Crippen molar-refractivity contribution in [2.45, 2.75) is 78.9 Å². The van der Waals surface area contributed by atoms with Crippen LogP contribution in [0.4, 0.5) is 0 Å². The van der Waals surface area contributed by atoms with Crippen molar-refractivity contribution in [1.29, 1.82) is 0 Å². The molecule has 0 spiro atoms. The summed E-state index contributed by atoms with van der Waals surface area (Å²) in [5, 5.41) is 12.1. The second-order valence-corrected chi connectivity index (χ2v) is 21.9. The molecule has 0 N–H and O–H groups in total. The van der Waals surface area contributed by atoms with E-state index in [0.29, 0.717) is 17.1 Å². The van der Waals surface area contributed by atoms with Crippen molar-refractivity contribution in [3.63, 3.8) is 0 Å². The SMILES string of the molecule is CC(C)c1cc(-c2ccccc2)cc(C(C)C)c1-n1c(-c2[c-]ccc3c2oc2ccccc23)nc2ncnnc21.[2H]C(C)(C)c1cc(-c2[c-]cccc2)ncc1[Si](C)(C)C.[Ir]. The van der Waals surface area contributed by atoms with E-state index in [-0.39, 0.29) is 31.9 Å². The molecule has 7 nitrogen and oxygen atoms in total. The van der Waals surface area contributed by atoms with E-state index in [4.69, 9.17) is 10.8 Å². The quantitative estimate of drug-likeness (QED) is 0.111. The van der Waals surface area contributed by atoms with Crippen LogP contribution in [0.3, 0.4) is 0 Å². The summed E-state index contributed by atoms with van der Waals surface area (Å²) in [6.07, 6.45) is 3.42. The molecule has 305 valence electrons. The number of furan rings is 1. The maximum absolute atomic E-state index is 8.44. The van der Waals surface area contributed by atoms with Crippen molar-refractivity contribution in [2.24, 2.45) is 0 Å². The van der Waals surface area contributed by atoms with E-state index in [1.165, 1.54) is 33.8 Å². The largest absolute Gasteiger partial charge is 0.501 e. The first-order valence-corrected chi connectivity index (χ1v) is 23.8. The van der Waals surface area contributed by atoms with Crippen LogP contribution in [-0.2, 0) is 20.1 Å². The average Bonchev–Trinajstić information content (AvgIpc) is 3.82. The average molecular weight is 984 g/mol. The van der Waals surface area contributed by atoms with Gasteiger partial charge < -0.3 is 14.0 Å². The number of pyridine rings is 1. The van der Waals surface area contributed by atoms with Crippen LogP contribution < -0.4 is 5.19 Å². The maximum Gasteiger partial charge on any atom is 0.197 e. The zero-order valence-electron chi connectivity index (χ0n) is 36.6. The van der Waals surface area contributed by atoms with E-state index < -0.39 is 14.0 Å². The van der Waals surface area contributed by atoms with Crippen LogP contribution >= 0.6 is 0 Å². The van der Waals surface area contributed by atoms with Crippen LogP contribution in [0.5, 0.6) is 0 Å². The van der Waals surface area contributed by atoms with Crippen LogP contribution in [0.1, 0.15) is 77.3 Å². The van der Waals surface area contributed by atoms with Gasteiger partial charge in [0, 0.05) is 38.7 Å². The second-order valence-electron chi connectivity index (χ2n) is 16.9. The molecule has 9 aromatic rings. The Kier molecular flexibility index (Phi) is 12.0. The van der Waals surface area contributed by atoms with Crippen molar-refractivity contribution in [3.8, 4) is 39.5 Å². The summed E-state index contributed by atoms with van der Waals surface area (Å²) in [7, 11) is -1.50. The summed E-state index contributed by atoms with van der Waals surface area (Å²) in [5.41, 5.74) is 12.3. The van der Waals surface area contributed by atoms with Crippen LogP contribution in [0.15, 0.2) is 126 Å². The van der Waals surface area contributed by atoms with Crippen molar-refractivity contribution >= 4 is 46.5 Å². The molecule has 0 saturated carbocycles. The van der Waals surface area contributed by atoms with E-state index in [0.717, 1.165) is 50.0 Å². The molecule has 60 heavy (non-hydrogen) atoms. The van der Waals surface area contributed by atoms with Gasteiger partial charge in [-0.25, -0.2) is 4.98 Å². The third kappa shape index (κ3) is 8.27. The minimum Gasteiger partial charge on any atom is -0.501 e. The molecule has 9 rings (SSSR count). The van der Waals surface area contributed by atoms with Gasteiger partial charge in [-0.1, -0.05) is 132 Å². The molecule has 0 atom stereocenters. The Balaban J connectivity index is 0.000000226. The molecule has 0 saturated heterocycles. The number of hydrogen-bond donors (Lipinski definition) is 0. The molecule has 0 aliphatic rings. The number of hydrogen-bond acceptors (Lipinski definition) is 6. The van der Waals surface area contributed by atoms with Crippen LogP contribution in [-0.4, -0.2) is 37.8 Å². The van der Waals surface area contributed by atoms with Gasteiger partial charge in [-0.2, -0.15) is 0 Å². The van der Waals surface area contributed by atoms with Gasteiger partial charge in [0.05, 0.1) is 19.5 Å². The van der Waals surface area contributed by atoms with E-state index >= 15 is 0 Å². The number of fused-ring (bicyclic) bond motifs is 4. The first-order chi connectivity index (χ1) is 28.7. The number of imidazole rings is 1. The predicted octanol–water partition coefficient (Wildman–Crippen LogP) is 12.7. The summed E-state index contributed by atoms with van der Waals surface area (Å²) >= 11 is 0. The van der Waals surface area contributed by atoms with Gasteiger partial charge in [0.1, 0.15) is 11.9 Å². The fourth-order valence-electron chi connectivity index (χ4n) is 7.76. The molecule has 0 amide bonds. The molecule has 0 unspecified atom stereocenters.